The Kier molecular flexibility index (Phi) is 1.71. The summed E-state index contributed by atoms with van der Waals surface area (Å²) in [6.07, 6.45) is 3.82. The molecule has 0 aliphatic carbocycles. The van der Waals surface area contributed by atoms with Crippen LogP contribution in [-0.2, 0) is 9.84 Å². The summed E-state index contributed by atoms with van der Waals surface area (Å²) >= 11 is 0. The van der Waals surface area contributed by atoms with Gasteiger partial charge in [-0.15, -0.1) is 0 Å². The number of hydrogen-bond acceptors (Lipinski definition) is 5. The fraction of sp³-hybridized carbons (Fsp3) is 0.143. The molecule has 0 unspecified atom stereocenters. The normalized spacial score (nSPS) is 12.1. The second-order valence-electron chi connectivity index (χ2n) is 2.88. The zero-order valence-corrected chi connectivity index (χ0v) is 8.19. The molecule has 0 aliphatic heterocycles. The number of aromatic nitrogens is 3. The monoisotopic (exact) mass is 212 g/mol. The zero-order valence-electron chi connectivity index (χ0n) is 7.38. The van der Waals surface area contributed by atoms with Crippen molar-refractivity contribution in [2.45, 2.75) is 4.90 Å². The molecule has 2 aromatic rings. The standard InChI is InChI=1S/C7H8N4O2S/c1-14(12,13)5-4-9-6-2-3-10-11(6)7(5)8/h2-4H,8H2,1H3. The Labute approximate surface area is 80.3 Å². The summed E-state index contributed by atoms with van der Waals surface area (Å²) in [7, 11) is -3.35. The minimum atomic E-state index is -3.35. The van der Waals surface area contributed by atoms with Gasteiger partial charge in [-0.05, 0) is 0 Å². The summed E-state index contributed by atoms with van der Waals surface area (Å²) in [6.45, 7) is 0. The molecule has 2 N–H and O–H groups in total. The van der Waals surface area contributed by atoms with Gasteiger partial charge in [-0.3, -0.25) is 0 Å². The number of rotatable bonds is 1. The van der Waals surface area contributed by atoms with Crippen molar-refractivity contribution < 1.29 is 8.42 Å². The van der Waals surface area contributed by atoms with E-state index in [1.54, 1.807) is 6.07 Å². The molecule has 0 bridgehead atoms. The van der Waals surface area contributed by atoms with Crippen LogP contribution in [0, 0.1) is 0 Å². The fourth-order valence-corrected chi connectivity index (χ4v) is 1.87. The predicted molar refractivity (Wildman–Crippen MR) is 50.5 cm³/mol. The van der Waals surface area contributed by atoms with E-state index in [0.717, 1.165) is 6.26 Å². The molecule has 0 amide bonds. The molecule has 0 spiro atoms. The summed E-state index contributed by atoms with van der Waals surface area (Å²) < 4.78 is 23.8. The van der Waals surface area contributed by atoms with Crippen LogP contribution in [0.3, 0.4) is 0 Å². The van der Waals surface area contributed by atoms with E-state index in [1.165, 1.54) is 16.9 Å². The summed E-state index contributed by atoms with van der Waals surface area (Å²) in [5, 5.41) is 3.86. The Bertz CT molecular complexity index is 587. The zero-order chi connectivity index (χ0) is 10.3. The lowest BCUT2D eigenvalue weighted by molar-refractivity contribution is 0.601. The Balaban J connectivity index is 2.88. The number of nitrogen functional groups attached to an aromatic ring is 1. The van der Waals surface area contributed by atoms with Crippen molar-refractivity contribution in [2.75, 3.05) is 12.0 Å². The van der Waals surface area contributed by atoms with Crippen molar-refractivity contribution in [3.63, 3.8) is 0 Å². The van der Waals surface area contributed by atoms with Crippen LogP contribution in [0.2, 0.25) is 0 Å². The van der Waals surface area contributed by atoms with Crippen molar-refractivity contribution in [1.82, 2.24) is 14.6 Å². The summed E-state index contributed by atoms with van der Waals surface area (Å²) in [5.74, 6) is 0.0856. The highest BCUT2D eigenvalue weighted by molar-refractivity contribution is 7.90. The summed E-state index contributed by atoms with van der Waals surface area (Å²) in [4.78, 5) is 3.90. The first-order valence-electron chi connectivity index (χ1n) is 3.78. The van der Waals surface area contributed by atoms with E-state index in [0.29, 0.717) is 5.65 Å². The van der Waals surface area contributed by atoms with E-state index >= 15 is 0 Å². The topological polar surface area (TPSA) is 90.3 Å². The third-order valence-electron chi connectivity index (χ3n) is 1.82. The lowest BCUT2D eigenvalue weighted by atomic mass is 10.5. The molecule has 2 rings (SSSR count). The van der Waals surface area contributed by atoms with Crippen LogP contribution in [0.1, 0.15) is 0 Å². The molecule has 14 heavy (non-hydrogen) atoms. The van der Waals surface area contributed by atoms with Gasteiger partial charge in [0.1, 0.15) is 10.7 Å². The van der Waals surface area contributed by atoms with E-state index in [1.807, 2.05) is 0 Å². The molecule has 0 aromatic carbocycles. The molecule has 0 aliphatic rings. The van der Waals surface area contributed by atoms with Gasteiger partial charge in [-0.25, -0.2) is 13.4 Å². The largest absolute Gasteiger partial charge is 0.382 e. The van der Waals surface area contributed by atoms with Gasteiger partial charge < -0.3 is 5.73 Å². The number of nitrogens with zero attached hydrogens (tertiary/aromatic N) is 3. The maximum absolute atomic E-state index is 11.3. The maximum atomic E-state index is 11.3. The molecule has 0 radical (unpaired) electrons. The van der Waals surface area contributed by atoms with E-state index < -0.39 is 9.84 Å². The minimum absolute atomic E-state index is 0.00583. The molecule has 0 saturated carbocycles. The van der Waals surface area contributed by atoms with Crippen LogP contribution in [0.4, 0.5) is 5.82 Å². The fourth-order valence-electron chi connectivity index (χ4n) is 1.16. The molecule has 7 heteroatoms. The van der Waals surface area contributed by atoms with Gasteiger partial charge in [0, 0.05) is 12.3 Å². The molecule has 0 atom stereocenters. The van der Waals surface area contributed by atoms with Crippen molar-refractivity contribution in [1.29, 1.82) is 0 Å². The van der Waals surface area contributed by atoms with Crippen LogP contribution in [-0.4, -0.2) is 29.3 Å². The second-order valence-corrected chi connectivity index (χ2v) is 4.87. The van der Waals surface area contributed by atoms with Crippen LogP contribution >= 0.6 is 0 Å². The highest BCUT2D eigenvalue weighted by atomic mass is 32.2. The van der Waals surface area contributed by atoms with E-state index in [-0.39, 0.29) is 10.7 Å². The van der Waals surface area contributed by atoms with Crippen LogP contribution in [0.15, 0.2) is 23.4 Å². The first kappa shape index (κ1) is 8.95. The average Bonchev–Trinajstić information content (AvgIpc) is 2.50. The SMILES string of the molecule is CS(=O)(=O)c1cnc2ccnn2c1N. The van der Waals surface area contributed by atoms with Gasteiger partial charge in [0.25, 0.3) is 0 Å². The van der Waals surface area contributed by atoms with Crippen molar-refractivity contribution in [3.05, 3.63) is 18.5 Å². The summed E-state index contributed by atoms with van der Waals surface area (Å²) in [6, 6.07) is 1.64. The number of anilines is 1. The highest BCUT2D eigenvalue weighted by Crippen LogP contribution is 2.17. The van der Waals surface area contributed by atoms with Crippen molar-refractivity contribution >= 4 is 21.3 Å². The Morgan fingerprint density at radius 2 is 2.21 bits per heavy atom. The molecule has 0 fully saturated rings. The first-order valence-corrected chi connectivity index (χ1v) is 5.67. The Hall–Kier alpha value is -1.63. The molecule has 0 saturated heterocycles. The molecular weight excluding hydrogens is 204 g/mol. The van der Waals surface area contributed by atoms with E-state index in [4.69, 9.17) is 5.73 Å². The quantitative estimate of drug-likeness (QED) is 0.701. The lowest BCUT2D eigenvalue weighted by Gasteiger charge is -2.03. The number of sulfone groups is 1. The molecular formula is C7H8N4O2S. The van der Waals surface area contributed by atoms with Gasteiger partial charge >= 0.3 is 0 Å². The van der Waals surface area contributed by atoms with Crippen LogP contribution in [0.25, 0.3) is 5.65 Å². The predicted octanol–water partition coefficient (Wildman–Crippen LogP) is -0.285. The Morgan fingerprint density at radius 3 is 2.86 bits per heavy atom. The van der Waals surface area contributed by atoms with Crippen LogP contribution < -0.4 is 5.73 Å². The number of hydrogen-bond donors (Lipinski definition) is 1. The number of nitrogens with two attached hydrogens (primary N) is 1. The second kappa shape index (κ2) is 2.68. The van der Waals surface area contributed by atoms with Gasteiger partial charge in [0.05, 0.1) is 12.4 Å². The smallest absolute Gasteiger partial charge is 0.180 e. The van der Waals surface area contributed by atoms with Crippen LogP contribution in [0.5, 0.6) is 0 Å². The molecule has 74 valence electrons. The van der Waals surface area contributed by atoms with Gasteiger partial charge in [0.15, 0.2) is 15.5 Å². The Morgan fingerprint density at radius 1 is 1.50 bits per heavy atom. The molecule has 2 aromatic heterocycles. The minimum Gasteiger partial charge on any atom is -0.382 e. The van der Waals surface area contributed by atoms with E-state index in [2.05, 4.69) is 10.1 Å². The highest BCUT2D eigenvalue weighted by Gasteiger charge is 2.15. The maximum Gasteiger partial charge on any atom is 0.180 e. The van der Waals surface area contributed by atoms with Crippen molar-refractivity contribution in [2.24, 2.45) is 0 Å². The molecule has 2 heterocycles. The lowest BCUT2D eigenvalue weighted by Crippen LogP contribution is -2.08. The van der Waals surface area contributed by atoms with E-state index in [9.17, 15) is 8.42 Å². The van der Waals surface area contributed by atoms with Gasteiger partial charge in [0.2, 0.25) is 0 Å². The van der Waals surface area contributed by atoms with Gasteiger partial charge in [-0.1, -0.05) is 0 Å². The number of fused-ring (bicyclic) bond motifs is 1. The van der Waals surface area contributed by atoms with Gasteiger partial charge in [-0.2, -0.15) is 9.61 Å². The third kappa shape index (κ3) is 1.22. The summed E-state index contributed by atoms with van der Waals surface area (Å²) in [5.41, 5.74) is 6.15. The third-order valence-corrected chi connectivity index (χ3v) is 2.93. The first-order chi connectivity index (χ1) is 6.50. The average molecular weight is 212 g/mol. The molecule has 6 nitrogen and oxygen atoms in total. The van der Waals surface area contributed by atoms with Crippen molar-refractivity contribution in [3.8, 4) is 0 Å².